The van der Waals surface area contributed by atoms with Gasteiger partial charge in [0.05, 0.1) is 11.0 Å². The highest BCUT2D eigenvalue weighted by Crippen LogP contribution is 2.36. The minimum absolute atomic E-state index is 0.262. The number of rotatable bonds is 11. The number of allylic oxidation sites excluding steroid dienone is 1. The van der Waals surface area contributed by atoms with Crippen LogP contribution in [0.25, 0.3) is 66.3 Å². The van der Waals surface area contributed by atoms with E-state index in [2.05, 4.69) is 66.6 Å². The fraction of sp³-hybridized carbons (Fsp3) is 0. The summed E-state index contributed by atoms with van der Waals surface area (Å²) < 4.78 is 11.6. The maximum atomic E-state index is 11.8. The molecule has 336 valence electrons. The maximum Gasteiger partial charge on any atom is 0.247 e. The highest BCUT2D eigenvalue weighted by Gasteiger charge is 2.13. The number of benzene rings is 6. The number of nitrogens with one attached hydrogen (secondary N) is 1. The fourth-order valence-corrected chi connectivity index (χ4v) is 7.09. The number of nitrogens with zero attached hydrogens (tertiary/aromatic N) is 6. The number of pyridine rings is 2. The van der Waals surface area contributed by atoms with Gasteiger partial charge in [0.1, 0.15) is 24.2 Å². The first-order valence-electron chi connectivity index (χ1n) is 21.3. The third-order valence-electron chi connectivity index (χ3n) is 10.3. The van der Waals surface area contributed by atoms with Crippen LogP contribution in [-0.4, -0.2) is 41.1 Å². The molecular weight excluding hydrogens is 884 g/mol. The quantitative estimate of drug-likeness (QED) is 0.0719. The van der Waals surface area contributed by atoms with Crippen LogP contribution in [0.4, 0.5) is 11.4 Å². The van der Waals surface area contributed by atoms with Gasteiger partial charge in [-0.3, -0.25) is 9.59 Å². The largest absolute Gasteiger partial charge is 0.439 e. The molecule has 0 fully saturated rings. The summed E-state index contributed by atoms with van der Waals surface area (Å²) in [5.74, 6) is 2.29. The van der Waals surface area contributed by atoms with Gasteiger partial charge < -0.3 is 20.5 Å². The van der Waals surface area contributed by atoms with Crippen molar-refractivity contribution in [1.82, 2.24) is 29.9 Å². The number of carbonyl (C=O) groups excluding carboxylic acids is 2. The topological polar surface area (TPSA) is 168 Å². The van der Waals surface area contributed by atoms with E-state index in [0.717, 1.165) is 83.9 Å². The van der Waals surface area contributed by atoms with Gasteiger partial charge >= 0.3 is 0 Å². The lowest BCUT2D eigenvalue weighted by Gasteiger charge is -2.12. The number of fused-ring (bicyclic) bond motifs is 2. The fourth-order valence-electron chi connectivity index (χ4n) is 7.09. The van der Waals surface area contributed by atoms with Crippen molar-refractivity contribution in [3.8, 4) is 67.8 Å². The van der Waals surface area contributed by atoms with E-state index in [1.807, 2.05) is 152 Å². The van der Waals surface area contributed by atoms with Gasteiger partial charge in [0.25, 0.3) is 0 Å². The molecule has 0 atom stereocenters. The lowest BCUT2D eigenvalue weighted by atomic mass is 9.96. The number of hydrogen-bond donors (Lipinski definition) is 2. The lowest BCUT2D eigenvalue weighted by Crippen LogP contribution is -2.07. The van der Waals surface area contributed by atoms with E-state index < -0.39 is 5.24 Å². The van der Waals surface area contributed by atoms with E-state index in [1.54, 1.807) is 18.7 Å². The molecule has 1 amide bonds. The van der Waals surface area contributed by atoms with Crippen LogP contribution in [0, 0.1) is 0 Å². The lowest BCUT2D eigenvalue weighted by molar-refractivity contribution is -0.112. The minimum Gasteiger partial charge on any atom is -0.439 e. The Morgan fingerprint density at radius 2 is 1.00 bits per heavy atom. The summed E-state index contributed by atoms with van der Waals surface area (Å²) in [5.41, 5.74) is 16.9. The van der Waals surface area contributed by atoms with Gasteiger partial charge in [-0.2, -0.15) is 0 Å². The molecular formula is C56H41ClN8O4. The molecule has 0 bridgehead atoms. The Kier molecular flexibility index (Phi) is 14.8. The van der Waals surface area contributed by atoms with Gasteiger partial charge in [-0.25, -0.2) is 29.9 Å². The van der Waals surface area contributed by atoms with Gasteiger partial charge in [0, 0.05) is 81.3 Å². The number of aromatic nitrogens is 6. The molecule has 0 spiro atoms. The van der Waals surface area contributed by atoms with Crippen LogP contribution in [-0.2, 0) is 9.59 Å². The molecule has 13 heteroatoms. The summed E-state index contributed by atoms with van der Waals surface area (Å²) in [5, 5.41) is 4.16. The number of amides is 1. The van der Waals surface area contributed by atoms with E-state index in [1.165, 1.54) is 12.4 Å². The predicted octanol–water partition coefficient (Wildman–Crippen LogP) is 12.9. The van der Waals surface area contributed by atoms with Gasteiger partial charge in [-0.1, -0.05) is 73.8 Å². The molecule has 0 aliphatic rings. The molecule has 4 heterocycles. The molecule has 0 unspecified atom stereocenters. The monoisotopic (exact) mass is 924 g/mol. The van der Waals surface area contributed by atoms with Crippen molar-refractivity contribution < 1.29 is 19.1 Å². The Morgan fingerprint density at radius 1 is 0.507 bits per heavy atom. The first-order valence-corrected chi connectivity index (χ1v) is 21.7. The Labute approximate surface area is 402 Å². The minimum atomic E-state index is -0.509. The molecule has 0 aliphatic carbocycles. The average molecular weight is 925 g/mol. The zero-order valence-corrected chi connectivity index (χ0v) is 37.6. The Morgan fingerprint density at radius 3 is 1.45 bits per heavy atom. The van der Waals surface area contributed by atoms with Crippen molar-refractivity contribution >= 4 is 55.9 Å². The molecule has 6 aromatic carbocycles. The van der Waals surface area contributed by atoms with Crippen LogP contribution < -0.4 is 20.5 Å². The summed E-state index contributed by atoms with van der Waals surface area (Å²) in [6.07, 6.45) is 12.6. The molecule has 0 saturated carbocycles. The van der Waals surface area contributed by atoms with Crippen LogP contribution in [0.3, 0.4) is 0 Å². The number of nitrogen functional groups attached to an aromatic ring is 1. The van der Waals surface area contributed by atoms with Crippen LogP contribution in [0.2, 0.25) is 0 Å². The third-order valence-corrected chi connectivity index (χ3v) is 10.4. The molecule has 10 rings (SSSR count). The van der Waals surface area contributed by atoms with Gasteiger partial charge in [-0.15, -0.1) is 0 Å². The van der Waals surface area contributed by atoms with Crippen LogP contribution in [0.1, 0.15) is 0 Å². The van der Waals surface area contributed by atoms with E-state index in [-0.39, 0.29) is 5.91 Å². The number of anilines is 2. The summed E-state index contributed by atoms with van der Waals surface area (Å²) >= 11 is 4.71. The molecule has 0 radical (unpaired) electrons. The number of nitrogens with two attached hydrogens (primary N) is 1. The van der Waals surface area contributed by atoms with Crippen molar-refractivity contribution in [3.63, 3.8) is 0 Å². The second kappa shape index (κ2) is 22.2. The van der Waals surface area contributed by atoms with Crippen molar-refractivity contribution in [3.05, 3.63) is 220 Å². The standard InChI is InChI=1S/C28H20N4O2.C25H18N4O.C3H3ClO/c1-2-26(33)32-23-8-6-7-19(14-23)25-15-21(13-22-16-29-18-31-28(22)25)20-11-12-27(30-17-20)34-24-9-4-3-5-10-24;26-21-6-4-5-17(12-21)23-13-19(11-20-14-27-16-29-25(20)23)18-9-10-24(28-15-18)30-22-7-2-1-3-8-22;1-2-3(4)5/h2-18H,1H2,(H,32,33);1-16H,26H2;2H,1H2. The first-order chi connectivity index (χ1) is 33.7. The molecule has 10 aromatic rings. The van der Waals surface area contributed by atoms with E-state index >= 15 is 0 Å². The van der Waals surface area contributed by atoms with Crippen molar-refractivity contribution in [2.75, 3.05) is 11.1 Å². The number of ether oxygens (including phenoxy) is 2. The summed E-state index contributed by atoms with van der Waals surface area (Å²) in [6.45, 7) is 6.59. The van der Waals surface area contributed by atoms with Crippen molar-refractivity contribution in [2.45, 2.75) is 0 Å². The SMILES string of the molecule is C=CC(=O)Cl.C=CC(=O)Nc1cccc(-c2cc(-c3ccc(Oc4ccccc4)nc3)cc3cncnc23)c1.Nc1cccc(-c2cc(-c3ccc(Oc4ccccc4)nc3)cc3cncnc23)c1. The summed E-state index contributed by atoms with van der Waals surface area (Å²) in [6, 6.07) is 50.6. The highest BCUT2D eigenvalue weighted by atomic mass is 35.5. The van der Waals surface area contributed by atoms with Crippen LogP contribution in [0.5, 0.6) is 23.3 Å². The van der Waals surface area contributed by atoms with Crippen molar-refractivity contribution in [2.24, 2.45) is 0 Å². The second-order valence-corrected chi connectivity index (χ2v) is 15.3. The van der Waals surface area contributed by atoms with Gasteiger partial charge in [-0.05, 0) is 131 Å². The van der Waals surface area contributed by atoms with Crippen LogP contribution in [0.15, 0.2) is 220 Å². The highest BCUT2D eigenvalue weighted by molar-refractivity contribution is 6.66. The Hall–Kier alpha value is -9.39. The zero-order valence-electron chi connectivity index (χ0n) is 36.8. The molecule has 3 N–H and O–H groups in total. The molecule has 69 heavy (non-hydrogen) atoms. The van der Waals surface area contributed by atoms with Crippen molar-refractivity contribution in [1.29, 1.82) is 0 Å². The first kappa shape index (κ1) is 46.2. The maximum absolute atomic E-state index is 11.8. The molecule has 0 saturated heterocycles. The van der Waals surface area contributed by atoms with Crippen LogP contribution >= 0.6 is 11.6 Å². The number of carbonyl (C=O) groups is 2. The molecule has 0 aliphatic heterocycles. The van der Waals surface area contributed by atoms with E-state index in [4.69, 9.17) is 26.8 Å². The molecule has 4 aromatic heterocycles. The molecule has 12 nitrogen and oxygen atoms in total. The van der Waals surface area contributed by atoms with Gasteiger partial charge in [0.2, 0.25) is 22.9 Å². The van der Waals surface area contributed by atoms with Gasteiger partial charge in [0.15, 0.2) is 0 Å². The number of halogens is 1. The average Bonchev–Trinajstić information content (AvgIpc) is 3.39. The number of hydrogen-bond acceptors (Lipinski definition) is 11. The number of para-hydroxylation sites is 2. The smallest absolute Gasteiger partial charge is 0.247 e. The van der Waals surface area contributed by atoms with E-state index in [9.17, 15) is 9.59 Å². The normalized spacial score (nSPS) is 10.4. The third kappa shape index (κ3) is 12.1. The summed E-state index contributed by atoms with van der Waals surface area (Å²) in [7, 11) is 0. The Bertz CT molecular complexity index is 3410. The van der Waals surface area contributed by atoms with E-state index in [0.29, 0.717) is 23.1 Å². The predicted molar refractivity (Wildman–Crippen MR) is 274 cm³/mol. The zero-order chi connectivity index (χ0) is 48.0. The summed E-state index contributed by atoms with van der Waals surface area (Å²) in [4.78, 5) is 47.6. The Balaban J connectivity index is 0.000000171. The second-order valence-electron chi connectivity index (χ2n) is 15.0.